The fourth-order valence-electron chi connectivity index (χ4n) is 2.89. The first kappa shape index (κ1) is 15.9. The van der Waals surface area contributed by atoms with Gasteiger partial charge >= 0.3 is 0 Å². The zero-order valence-electron chi connectivity index (χ0n) is 11.8. The lowest BCUT2D eigenvalue weighted by atomic mass is 9.80. The molecule has 2 unspecified atom stereocenters. The van der Waals surface area contributed by atoms with Gasteiger partial charge in [-0.2, -0.15) is 0 Å². The van der Waals surface area contributed by atoms with Gasteiger partial charge in [0, 0.05) is 19.8 Å². The van der Waals surface area contributed by atoms with Crippen LogP contribution in [-0.2, 0) is 4.74 Å². The van der Waals surface area contributed by atoms with E-state index in [1.165, 1.54) is 25.7 Å². The fourth-order valence-corrected chi connectivity index (χ4v) is 2.89. The Hall–Kier alpha value is -0.120. The lowest BCUT2D eigenvalue weighted by Gasteiger charge is -2.33. The lowest BCUT2D eigenvalue weighted by Crippen LogP contribution is -2.32. The molecule has 1 saturated carbocycles. The second-order valence-electron chi connectivity index (χ2n) is 5.71. The summed E-state index contributed by atoms with van der Waals surface area (Å²) in [6.45, 7) is 3.52. The number of rotatable bonds is 9. The van der Waals surface area contributed by atoms with Crippen molar-refractivity contribution in [2.45, 2.75) is 64.4 Å². The maximum Gasteiger partial charge on any atom is 0.0582 e. The highest BCUT2D eigenvalue weighted by Gasteiger charge is 2.28. The van der Waals surface area contributed by atoms with Gasteiger partial charge in [0.05, 0.1) is 6.10 Å². The van der Waals surface area contributed by atoms with Crippen molar-refractivity contribution in [1.29, 1.82) is 0 Å². The Morgan fingerprint density at radius 1 is 0.889 bits per heavy atom. The first-order valence-electron chi connectivity index (χ1n) is 7.63. The molecule has 0 amide bonds. The average molecular weight is 258 g/mol. The van der Waals surface area contributed by atoms with Crippen molar-refractivity contribution >= 4 is 0 Å². The van der Waals surface area contributed by atoms with Crippen molar-refractivity contribution in [2.24, 2.45) is 11.8 Å². The summed E-state index contributed by atoms with van der Waals surface area (Å²) in [6.07, 6.45) is 9.43. The molecule has 1 aliphatic carbocycles. The molecule has 1 rings (SSSR count). The Balaban J connectivity index is 2.12. The molecule has 18 heavy (non-hydrogen) atoms. The molecule has 108 valence electrons. The van der Waals surface area contributed by atoms with Gasteiger partial charge in [0.1, 0.15) is 0 Å². The van der Waals surface area contributed by atoms with Crippen molar-refractivity contribution in [3.05, 3.63) is 0 Å². The van der Waals surface area contributed by atoms with Crippen molar-refractivity contribution in [3.63, 3.8) is 0 Å². The van der Waals surface area contributed by atoms with E-state index in [-0.39, 0.29) is 19.3 Å². The summed E-state index contributed by atoms with van der Waals surface area (Å²) in [5.74, 6) is 0.641. The third-order valence-corrected chi connectivity index (χ3v) is 3.98. The van der Waals surface area contributed by atoms with Gasteiger partial charge in [-0.05, 0) is 37.5 Å². The molecule has 2 N–H and O–H groups in total. The third kappa shape index (κ3) is 6.17. The molecule has 0 bridgehead atoms. The fraction of sp³-hybridized carbons (Fsp3) is 1.00. The van der Waals surface area contributed by atoms with Crippen LogP contribution in [0, 0.1) is 11.8 Å². The summed E-state index contributed by atoms with van der Waals surface area (Å²) in [7, 11) is 0. The molecule has 3 heteroatoms. The predicted octanol–water partition coefficient (Wildman–Crippen LogP) is 2.74. The van der Waals surface area contributed by atoms with Crippen LogP contribution in [0.15, 0.2) is 0 Å². The molecule has 1 aliphatic rings. The second kappa shape index (κ2) is 9.76. The zero-order valence-corrected chi connectivity index (χ0v) is 11.8. The summed E-state index contributed by atoms with van der Waals surface area (Å²) in [4.78, 5) is 0. The highest BCUT2D eigenvalue weighted by atomic mass is 16.5. The van der Waals surface area contributed by atoms with Gasteiger partial charge in [-0.25, -0.2) is 0 Å². The van der Waals surface area contributed by atoms with Crippen LogP contribution in [0.1, 0.15) is 58.3 Å². The van der Waals surface area contributed by atoms with Crippen LogP contribution >= 0.6 is 0 Å². The van der Waals surface area contributed by atoms with Crippen LogP contribution in [0.5, 0.6) is 0 Å². The molecule has 0 saturated heterocycles. The van der Waals surface area contributed by atoms with Gasteiger partial charge in [-0.1, -0.05) is 32.6 Å². The van der Waals surface area contributed by atoms with Crippen LogP contribution in [0.25, 0.3) is 0 Å². The van der Waals surface area contributed by atoms with Gasteiger partial charge in [0.25, 0.3) is 0 Å². The van der Waals surface area contributed by atoms with Crippen LogP contribution in [0.2, 0.25) is 0 Å². The maximum absolute atomic E-state index is 9.25. The minimum absolute atomic E-state index is 0.229. The third-order valence-electron chi connectivity index (χ3n) is 3.98. The number of hydrogen-bond acceptors (Lipinski definition) is 3. The minimum atomic E-state index is 0.229. The summed E-state index contributed by atoms with van der Waals surface area (Å²) in [6, 6.07) is 0. The lowest BCUT2D eigenvalue weighted by molar-refractivity contribution is -0.0249. The van der Waals surface area contributed by atoms with Crippen molar-refractivity contribution in [3.8, 4) is 0 Å². The van der Waals surface area contributed by atoms with Gasteiger partial charge in [-0.3, -0.25) is 0 Å². The van der Waals surface area contributed by atoms with Crippen molar-refractivity contribution < 1.29 is 14.9 Å². The van der Waals surface area contributed by atoms with Crippen LogP contribution in [-0.4, -0.2) is 36.1 Å². The monoisotopic (exact) mass is 258 g/mol. The second-order valence-corrected chi connectivity index (χ2v) is 5.71. The van der Waals surface area contributed by atoms with Gasteiger partial charge in [0.15, 0.2) is 0 Å². The molecule has 2 atom stereocenters. The highest BCUT2D eigenvalue weighted by Crippen LogP contribution is 2.30. The van der Waals surface area contributed by atoms with E-state index in [9.17, 15) is 10.2 Å². The zero-order chi connectivity index (χ0) is 13.2. The summed E-state index contributed by atoms with van der Waals surface area (Å²) in [5.41, 5.74) is 0. The van der Waals surface area contributed by atoms with E-state index in [0.717, 1.165) is 32.3 Å². The van der Waals surface area contributed by atoms with E-state index in [1.807, 2.05) is 0 Å². The van der Waals surface area contributed by atoms with Crippen LogP contribution in [0.3, 0.4) is 0 Å². The number of ether oxygens (including phenoxy) is 1. The largest absolute Gasteiger partial charge is 0.396 e. The Bertz CT molecular complexity index is 184. The Morgan fingerprint density at radius 2 is 1.50 bits per heavy atom. The summed E-state index contributed by atoms with van der Waals surface area (Å²) >= 11 is 0. The van der Waals surface area contributed by atoms with Gasteiger partial charge in [-0.15, -0.1) is 0 Å². The maximum atomic E-state index is 9.25. The van der Waals surface area contributed by atoms with E-state index in [4.69, 9.17) is 4.74 Å². The van der Waals surface area contributed by atoms with E-state index in [0.29, 0.717) is 11.8 Å². The molecule has 0 aromatic heterocycles. The molecule has 0 heterocycles. The molecule has 0 aromatic rings. The van der Waals surface area contributed by atoms with Crippen LogP contribution < -0.4 is 0 Å². The molecular formula is C15H30O3. The minimum Gasteiger partial charge on any atom is -0.396 e. The molecule has 3 nitrogen and oxygen atoms in total. The molecule has 0 aliphatic heterocycles. The number of unbranched alkanes of at least 4 members (excludes halogenated alkanes) is 4. The molecule has 0 spiro atoms. The predicted molar refractivity (Wildman–Crippen MR) is 73.5 cm³/mol. The standard InChI is InChI=1S/C15H30O3/c1-2-3-4-5-6-7-18-15-9-13(11-16)8-14(10-15)12-17/h13-17H,2-12H2,1H3. The van der Waals surface area contributed by atoms with Crippen LogP contribution in [0.4, 0.5) is 0 Å². The number of aliphatic hydroxyl groups excluding tert-OH is 2. The molecular weight excluding hydrogens is 228 g/mol. The first-order valence-corrected chi connectivity index (χ1v) is 7.63. The van der Waals surface area contributed by atoms with E-state index in [2.05, 4.69) is 6.92 Å². The molecule has 1 fully saturated rings. The molecule has 0 aromatic carbocycles. The van der Waals surface area contributed by atoms with E-state index in [1.54, 1.807) is 0 Å². The summed E-state index contributed by atoms with van der Waals surface area (Å²) < 4.78 is 5.91. The average Bonchev–Trinajstić information content (AvgIpc) is 2.42. The quantitative estimate of drug-likeness (QED) is 0.625. The number of aliphatic hydroxyl groups is 2. The van der Waals surface area contributed by atoms with Crippen molar-refractivity contribution in [1.82, 2.24) is 0 Å². The normalized spacial score (nSPS) is 28.5. The van der Waals surface area contributed by atoms with Crippen molar-refractivity contribution in [2.75, 3.05) is 19.8 Å². The van der Waals surface area contributed by atoms with Gasteiger partial charge in [0.2, 0.25) is 0 Å². The topological polar surface area (TPSA) is 49.7 Å². The van der Waals surface area contributed by atoms with E-state index < -0.39 is 0 Å². The smallest absolute Gasteiger partial charge is 0.0582 e. The SMILES string of the molecule is CCCCCCCOC1CC(CO)CC(CO)C1. The first-order chi connectivity index (χ1) is 8.80. The highest BCUT2D eigenvalue weighted by molar-refractivity contribution is 4.79. The number of hydrogen-bond donors (Lipinski definition) is 2. The Kier molecular flexibility index (Phi) is 8.64. The van der Waals surface area contributed by atoms with E-state index >= 15 is 0 Å². The van der Waals surface area contributed by atoms with Gasteiger partial charge < -0.3 is 14.9 Å². The molecule has 0 radical (unpaired) electrons. The Morgan fingerprint density at radius 3 is 2.06 bits per heavy atom. The summed E-state index contributed by atoms with van der Waals surface area (Å²) in [5, 5.41) is 18.5. The Labute approximate surface area is 112 Å².